The van der Waals surface area contributed by atoms with E-state index >= 15 is 0 Å². The summed E-state index contributed by atoms with van der Waals surface area (Å²) in [5.74, 6) is 0. The van der Waals surface area contributed by atoms with Crippen molar-refractivity contribution >= 4 is 11.8 Å². The van der Waals surface area contributed by atoms with Gasteiger partial charge in [0.25, 0.3) is 0 Å². The van der Waals surface area contributed by atoms with Gasteiger partial charge in [-0.05, 0) is 24.1 Å². The van der Waals surface area contributed by atoms with Crippen LogP contribution < -0.4 is 15.9 Å². The molecule has 1 heterocycles. The van der Waals surface area contributed by atoms with Crippen LogP contribution in [0.2, 0.25) is 0 Å². The Kier molecular flexibility index (Phi) is 3.23. The van der Waals surface area contributed by atoms with Crippen molar-refractivity contribution in [1.29, 1.82) is 0 Å². The van der Waals surface area contributed by atoms with E-state index < -0.39 is 0 Å². The summed E-state index contributed by atoms with van der Waals surface area (Å²) in [6.07, 6.45) is 9.80. The van der Waals surface area contributed by atoms with Gasteiger partial charge < -0.3 is 9.88 Å². The predicted octanol–water partition coefficient (Wildman–Crippen LogP) is 1.60. The normalized spacial score (nSPS) is 13.6. The smallest absolute Gasteiger partial charge is 0.0476 e. The maximum atomic E-state index is 3.27. The van der Waals surface area contributed by atoms with Crippen LogP contribution in [0.5, 0.6) is 0 Å². The molecule has 2 nitrogen and oxygen atoms in total. The van der Waals surface area contributed by atoms with Crippen LogP contribution in [0.25, 0.3) is 11.8 Å². The molecule has 19 heavy (non-hydrogen) atoms. The molecule has 1 aliphatic carbocycles. The molecule has 0 radical (unpaired) electrons. The molecule has 1 aliphatic rings. The minimum atomic E-state index is 0.920. The first kappa shape index (κ1) is 11.8. The summed E-state index contributed by atoms with van der Waals surface area (Å²) in [7, 11) is 1.98. The first-order valence-corrected chi connectivity index (χ1v) is 6.66. The Morgan fingerprint density at radius 2 is 2.00 bits per heavy atom. The Bertz CT molecular complexity index is 705. The lowest BCUT2D eigenvalue weighted by Crippen LogP contribution is -2.32. The molecule has 2 aromatic rings. The van der Waals surface area contributed by atoms with E-state index in [2.05, 4.69) is 70.7 Å². The number of nitrogens with zero attached hydrogens (tertiary/aromatic N) is 1. The maximum absolute atomic E-state index is 3.27. The van der Waals surface area contributed by atoms with E-state index in [-0.39, 0.29) is 0 Å². The largest absolute Gasteiger partial charge is 0.388 e. The molecule has 0 spiro atoms. The van der Waals surface area contributed by atoms with Crippen LogP contribution >= 0.6 is 0 Å². The molecule has 3 rings (SSSR count). The Morgan fingerprint density at radius 1 is 1.16 bits per heavy atom. The topological polar surface area (TPSA) is 17.0 Å². The van der Waals surface area contributed by atoms with Gasteiger partial charge in [0.2, 0.25) is 0 Å². The van der Waals surface area contributed by atoms with E-state index in [1.54, 1.807) is 0 Å². The lowest BCUT2D eigenvalue weighted by atomic mass is 10.2. The molecule has 1 aromatic heterocycles. The molecule has 0 saturated heterocycles. The summed E-state index contributed by atoms with van der Waals surface area (Å²) < 4.78 is 2.31. The van der Waals surface area contributed by atoms with E-state index in [9.17, 15) is 0 Å². The highest BCUT2D eigenvalue weighted by molar-refractivity contribution is 5.56. The monoisotopic (exact) mass is 250 g/mol. The molecule has 0 bridgehead atoms. The summed E-state index contributed by atoms with van der Waals surface area (Å²) in [5, 5.41) is 5.86. The fourth-order valence-electron chi connectivity index (χ4n) is 2.53. The molecule has 0 saturated carbocycles. The number of benzene rings is 1. The van der Waals surface area contributed by atoms with Crippen LogP contribution in [-0.2, 0) is 6.54 Å². The average molecular weight is 250 g/mol. The van der Waals surface area contributed by atoms with Gasteiger partial charge in [-0.25, -0.2) is 0 Å². The minimum Gasteiger partial charge on any atom is -0.388 e. The Balaban J connectivity index is 2.08. The molecular formula is C17H18N2. The molecule has 1 N–H and O–H groups in total. The van der Waals surface area contributed by atoms with Crippen LogP contribution in [0.4, 0.5) is 0 Å². The lowest BCUT2D eigenvalue weighted by Gasteiger charge is -2.04. The number of likely N-dealkylation sites (N-methyl/N-ethyl adjacent to an activating group) is 1. The fraction of sp³-hybridized carbons (Fsp3) is 0.176. The van der Waals surface area contributed by atoms with E-state index in [4.69, 9.17) is 0 Å². The number of fused-ring (bicyclic) bond motifs is 1. The highest BCUT2D eigenvalue weighted by Crippen LogP contribution is 2.01. The maximum Gasteiger partial charge on any atom is 0.0476 e. The van der Waals surface area contributed by atoms with Gasteiger partial charge in [0.05, 0.1) is 0 Å². The van der Waals surface area contributed by atoms with E-state index in [0.29, 0.717) is 0 Å². The van der Waals surface area contributed by atoms with Gasteiger partial charge in [0, 0.05) is 36.1 Å². The van der Waals surface area contributed by atoms with Crippen molar-refractivity contribution in [3.8, 4) is 0 Å². The van der Waals surface area contributed by atoms with Crippen molar-refractivity contribution < 1.29 is 0 Å². The second-order valence-corrected chi connectivity index (χ2v) is 4.73. The van der Waals surface area contributed by atoms with Gasteiger partial charge in [0.1, 0.15) is 0 Å². The van der Waals surface area contributed by atoms with Crippen molar-refractivity contribution in [2.45, 2.75) is 13.0 Å². The van der Waals surface area contributed by atoms with Crippen LogP contribution in [0.3, 0.4) is 0 Å². The molecule has 0 atom stereocenters. The number of hydrogen-bond acceptors (Lipinski definition) is 1. The molecule has 0 unspecified atom stereocenters. The van der Waals surface area contributed by atoms with Gasteiger partial charge >= 0.3 is 0 Å². The van der Waals surface area contributed by atoms with Crippen molar-refractivity contribution in [1.82, 2.24) is 9.88 Å². The standard InChI is InChI=1S/C17H18N2/c1-18-16-9-5-6-10-17-15(16)11-12-19(17)13-14-7-3-2-4-8-14/h2-5,7-12,18H,6,13H2,1H3. The zero-order valence-electron chi connectivity index (χ0n) is 11.1. The summed E-state index contributed by atoms with van der Waals surface area (Å²) in [6, 6.07) is 12.8. The van der Waals surface area contributed by atoms with Gasteiger partial charge in [-0.1, -0.05) is 42.5 Å². The Morgan fingerprint density at radius 3 is 2.79 bits per heavy atom. The Labute approximate surface area is 113 Å². The molecular weight excluding hydrogens is 232 g/mol. The van der Waals surface area contributed by atoms with Crippen molar-refractivity contribution in [2.24, 2.45) is 0 Å². The van der Waals surface area contributed by atoms with Gasteiger partial charge in [-0.2, -0.15) is 0 Å². The zero-order chi connectivity index (χ0) is 13.1. The van der Waals surface area contributed by atoms with Gasteiger partial charge in [-0.15, -0.1) is 0 Å². The third-order valence-electron chi connectivity index (χ3n) is 3.49. The number of nitrogens with one attached hydrogen (secondary N) is 1. The Hall–Kier alpha value is -2.22. The number of hydrogen-bond donors (Lipinski definition) is 1. The van der Waals surface area contributed by atoms with Gasteiger partial charge in [0.15, 0.2) is 0 Å². The molecule has 96 valence electrons. The number of allylic oxidation sites excluding steroid dienone is 1. The van der Waals surface area contributed by atoms with Crippen molar-refractivity contribution in [3.05, 3.63) is 70.9 Å². The number of aromatic nitrogens is 1. The van der Waals surface area contributed by atoms with Crippen LogP contribution in [-0.4, -0.2) is 11.6 Å². The van der Waals surface area contributed by atoms with E-state index in [1.807, 2.05) is 7.05 Å². The predicted molar refractivity (Wildman–Crippen MR) is 79.9 cm³/mol. The third-order valence-corrected chi connectivity index (χ3v) is 3.49. The summed E-state index contributed by atoms with van der Waals surface area (Å²) >= 11 is 0. The molecule has 1 aromatic carbocycles. The highest BCUT2D eigenvalue weighted by Gasteiger charge is 2.02. The second kappa shape index (κ2) is 5.19. The summed E-state index contributed by atoms with van der Waals surface area (Å²) in [5.41, 5.74) is 2.52. The molecule has 0 aliphatic heterocycles. The van der Waals surface area contributed by atoms with Crippen LogP contribution in [0.1, 0.15) is 12.0 Å². The minimum absolute atomic E-state index is 0.920. The molecule has 0 fully saturated rings. The third kappa shape index (κ3) is 2.34. The molecule has 2 heteroatoms. The second-order valence-electron chi connectivity index (χ2n) is 4.73. The SMILES string of the molecule is CNC1=c2ccn(Cc3ccccc3)c2=CCC=C1. The van der Waals surface area contributed by atoms with Gasteiger partial charge in [-0.3, -0.25) is 0 Å². The van der Waals surface area contributed by atoms with Crippen LogP contribution in [0.15, 0.2) is 54.7 Å². The van der Waals surface area contributed by atoms with E-state index in [0.717, 1.165) is 13.0 Å². The summed E-state index contributed by atoms with van der Waals surface area (Å²) in [6.45, 7) is 0.920. The highest BCUT2D eigenvalue weighted by atomic mass is 14.9. The first-order chi connectivity index (χ1) is 9.38. The number of rotatable bonds is 3. The van der Waals surface area contributed by atoms with Crippen molar-refractivity contribution in [2.75, 3.05) is 7.05 Å². The quantitative estimate of drug-likeness (QED) is 0.875. The lowest BCUT2D eigenvalue weighted by molar-refractivity contribution is 0.777. The fourth-order valence-corrected chi connectivity index (χ4v) is 2.53. The first-order valence-electron chi connectivity index (χ1n) is 6.66. The van der Waals surface area contributed by atoms with Crippen LogP contribution in [0, 0.1) is 0 Å². The average Bonchev–Trinajstić information content (AvgIpc) is 2.72. The summed E-state index contributed by atoms with van der Waals surface area (Å²) in [4.78, 5) is 0. The van der Waals surface area contributed by atoms with Crippen molar-refractivity contribution in [3.63, 3.8) is 0 Å². The zero-order valence-corrected chi connectivity index (χ0v) is 11.1. The van der Waals surface area contributed by atoms with E-state index in [1.165, 1.54) is 21.8 Å². The molecule has 0 amide bonds.